The van der Waals surface area contributed by atoms with E-state index in [1.807, 2.05) is 24.3 Å². The van der Waals surface area contributed by atoms with Crippen LogP contribution in [0.15, 0.2) is 35.5 Å². The molecule has 0 unspecified atom stereocenters. The van der Waals surface area contributed by atoms with Gasteiger partial charge in [-0.3, -0.25) is 4.79 Å². The van der Waals surface area contributed by atoms with Gasteiger partial charge in [-0.05, 0) is 42.8 Å². The monoisotopic (exact) mass is 288 g/mol. The number of nitrogens with one attached hydrogen (secondary N) is 2. The highest BCUT2D eigenvalue weighted by molar-refractivity contribution is 7.80. The van der Waals surface area contributed by atoms with E-state index in [0.29, 0.717) is 11.5 Å². The number of allylic oxidation sites excluding steroid dienone is 1. The minimum atomic E-state index is -0.155. The van der Waals surface area contributed by atoms with Gasteiger partial charge in [0.2, 0.25) is 0 Å². The third-order valence-electron chi connectivity index (χ3n) is 3.73. The first-order valence-corrected chi connectivity index (χ1v) is 7.07. The van der Waals surface area contributed by atoms with Crippen molar-refractivity contribution in [3.05, 3.63) is 41.1 Å². The van der Waals surface area contributed by atoms with Gasteiger partial charge in [0.25, 0.3) is 0 Å². The number of ketones is 1. The summed E-state index contributed by atoms with van der Waals surface area (Å²) in [4.78, 5) is 12.2. The van der Waals surface area contributed by atoms with E-state index in [-0.39, 0.29) is 11.8 Å². The molecule has 1 heterocycles. The number of rotatable bonds is 2. The predicted molar refractivity (Wildman–Crippen MR) is 80.5 cm³/mol. The van der Waals surface area contributed by atoms with Crippen LogP contribution >= 0.6 is 12.2 Å². The molecule has 20 heavy (non-hydrogen) atoms. The summed E-state index contributed by atoms with van der Waals surface area (Å²) in [7, 11) is 1.64. The van der Waals surface area contributed by atoms with Gasteiger partial charge >= 0.3 is 0 Å². The second-order valence-corrected chi connectivity index (χ2v) is 5.38. The van der Waals surface area contributed by atoms with Gasteiger partial charge in [0.1, 0.15) is 5.75 Å². The molecule has 0 aromatic heterocycles. The van der Waals surface area contributed by atoms with Crippen molar-refractivity contribution in [2.24, 2.45) is 0 Å². The lowest BCUT2D eigenvalue weighted by Gasteiger charge is -2.33. The lowest BCUT2D eigenvalue weighted by atomic mass is 9.85. The summed E-state index contributed by atoms with van der Waals surface area (Å²) < 4.78 is 5.17. The Kier molecular flexibility index (Phi) is 3.44. The zero-order valence-electron chi connectivity index (χ0n) is 11.2. The lowest BCUT2D eigenvalue weighted by Crippen LogP contribution is -2.46. The first kappa shape index (κ1) is 13.1. The average Bonchev–Trinajstić information content (AvgIpc) is 2.46. The molecule has 1 atom stereocenters. The number of hydrogen-bond acceptors (Lipinski definition) is 3. The number of methoxy groups -OCH3 is 1. The highest BCUT2D eigenvalue weighted by atomic mass is 32.1. The fraction of sp³-hybridized carbons (Fsp3) is 0.333. The van der Waals surface area contributed by atoms with Crippen molar-refractivity contribution >= 4 is 23.1 Å². The summed E-state index contributed by atoms with van der Waals surface area (Å²) >= 11 is 5.25. The molecule has 1 aromatic rings. The highest BCUT2D eigenvalue weighted by Crippen LogP contribution is 2.33. The standard InChI is InChI=1S/C15H16N2O2S/c1-19-10-7-5-9(6-8-10)14-13-11(16-15(20)17-14)3-2-4-12(13)18/h5-8,14H,2-4H2,1H3,(H2,16,17,20)/t14-/m1/s1. The Balaban J connectivity index is 2.01. The summed E-state index contributed by atoms with van der Waals surface area (Å²) in [6.07, 6.45) is 2.39. The van der Waals surface area contributed by atoms with Crippen molar-refractivity contribution in [3.63, 3.8) is 0 Å². The fourth-order valence-corrected chi connectivity index (χ4v) is 2.99. The topological polar surface area (TPSA) is 50.4 Å². The minimum Gasteiger partial charge on any atom is -0.497 e. The summed E-state index contributed by atoms with van der Waals surface area (Å²) in [5, 5.41) is 6.91. The van der Waals surface area contributed by atoms with Gasteiger partial charge in [-0.25, -0.2) is 0 Å². The zero-order chi connectivity index (χ0) is 14.1. The van der Waals surface area contributed by atoms with Crippen LogP contribution in [0, 0.1) is 0 Å². The van der Waals surface area contributed by atoms with Crippen LogP contribution in [0.2, 0.25) is 0 Å². The van der Waals surface area contributed by atoms with E-state index in [1.54, 1.807) is 7.11 Å². The van der Waals surface area contributed by atoms with Gasteiger partial charge < -0.3 is 15.4 Å². The van der Waals surface area contributed by atoms with E-state index in [1.165, 1.54) is 0 Å². The molecule has 0 amide bonds. The van der Waals surface area contributed by atoms with Gasteiger partial charge in [-0.1, -0.05) is 12.1 Å². The van der Waals surface area contributed by atoms with Gasteiger partial charge in [0.05, 0.1) is 13.2 Å². The van der Waals surface area contributed by atoms with Crippen molar-refractivity contribution < 1.29 is 9.53 Å². The van der Waals surface area contributed by atoms with E-state index in [2.05, 4.69) is 10.6 Å². The van der Waals surface area contributed by atoms with Crippen molar-refractivity contribution in [3.8, 4) is 5.75 Å². The molecular formula is C15H16N2O2S. The number of hydrogen-bond donors (Lipinski definition) is 2. The maximum Gasteiger partial charge on any atom is 0.171 e. The molecule has 104 valence electrons. The maximum absolute atomic E-state index is 12.2. The Hall–Kier alpha value is -1.88. The van der Waals surface area contributed by atoms with E-state index in [0.717, 1.165) is 35.4 Å². The van der Waals surface area contributed by atoms with Crippen LogP contribution in [0.25, 0.3) is 0 Å². The van der Waals surface area contributed by atoms with Crippen molar-refractivity contribution in [2.75, 3.05) is 7.11 Å². The first-order chi connectivity index (χ1) is 9.69. The molecule has 1 aliphatic carbocycles. The quantitative estimate of drug-likeness (QED) is 0.817. The molecule has 1 aliphatic heterocycles. The van der Waals surface area contributed by atoms with Crippen LogP contribution in [0.4, 0.5) is 0 Å². The molecule has 2 N–H and O–H groups in total. The third-order valence-corrected chi connectivity index (χ3v) is 3.95. The Morgan fingerprint density at radius 1 is 1.25 bits per heavy atom. The second-order valence-electron chi connectivity index (χ2n) is 4.97. The summed E-state index contributed by atoms with van der Waals surface area (Å²) in [6, 6.07) is 7.58. The number of Topliss-reactive ketones (excluding diaryl/α,β-unsaturated/α-hetero) is 1. The second kappa shape index (κ2) is 5.25. The predicted octanol–water partition coefficient (Wildman–Crippen LogP) is 2.22. The number of thiocarbonyl (C=S) groups is 1. The molecule has 4 nitrogen and oxygen atoms in total. The van der Waals surface area contributed by atoms with Crippen LogP contribution in [0.1, 0.15) is 30.9 Å². The lowest BCUT2D eigenvalue weighted by molar-refractivity contribution is -0.116. The van der Waals surface area contributed by atoms with Gasteiger partial charge in [-0.15, -0.1) is 0 Å². The van der Waals surface area contributed by atoms with Crippen molar-refractivity contribution in [2.45, 2.75) is 25.3 Å². The molecule has 0 saturated heterocycles. The van der Waals surface area contributed by atoms with Gasteiger partial charge in [0, 0.05) is 17.7 Å². The number of ether oxygens (including phenoxy) is 1. The molecule has 3 rings (SSSR count). The molecule has 0 radical (unpaired) electrons. The molecule has 0 spiro atoms. The van der Waals surface area contributed by atoms with E-state index in [9.17, 15) is 4.79 Å². The molecule has 0 saturated carbocycles. The summed E-state index contributed by atoms with van der Waals surface area (Å²) in [5.41, 5.74) is 2.83. The number of benzene rings is 1. The number of carbonyl (C=O) groups is 1. The Morgan fingerprint density at radius 3 is 2.70 bits per heavy atom. The highest BCUT2D eigenvalue weighted by Gasteiger charge is 2.32. The van der Waals surface area contributed by atoms with E-state index in [4.69, 9.17) is 17.0 Å². The average molecular weight is 288 g/mol. The third kappa shape index (κ3) is 2.29. The molecular weight excluding hydrogens is 272 g/mol. The fourth-order valence-electron chi connectivity index (χ4n) is 2.75. The van der Waals surface area contributed by atoms with Crippen molar-refractivity contribution in [1.82, 2.24) is 10.6 Å². The van der Waals surface area contributed by atoms with E-state index >= 15 is 0 Å². The summed E-state index contributed by atoms with van der Waals surface area (Å²) in [5.74, 6) is 1.00. The Bertz CT molecular complexity index is 592. The minimum absolute atomic E-state index is 0.155. The maximum atomic E-state index is 12.2. The normalized spacial score (nSPS) is 21.9. The Morgan fingerprint density at radius 2 is 2.00 bits per heavy atom. The molecule has 1 aromatic carbocycles. The SMILES string of the molecule is COc1ccc([C@H]2NC(=S)NC3=C2C(=O)CCC3)cc1. The van der Waals surface area contributed by atoms with Crippen LogP contribution in [0.3, 0.4) is 0 Å². The zero-order valence-corrected chi connectivity index (χ0v) is 12.0. The van der Waals surface area contributed by atoms with Crippen LogP contribution in [-0.2, 0) is 4.79 Å². The molecule has 0 fully saturated rings. The van der Waals surface area contributed by atoms with E-state index < -0.39 is 0 Å². The molecule has 2 aliphatic rings. The first-order valence-electron chi connectivity index (χ1n) is 6.67. The van der Waals surface area contributed by atoms with Crippen LogP contribution < -0.4 is 15.4 Å². The van der Waals surface area contributed by atoms with Crippen molar-refractivity contribution in [1.29, 1.82) is 0 Å². The largest absolute Gasteiger partial charge is 0.497 e. The molecule has 5 heteroatoms. The van der Waals surface area contributed by atoms with Crippen LogP contribution in [0.5, 0.6) is 5.75 Å². The summed E-state index contributed by atoms with van der Waals surface area (Å²) in [6.45, 7) is 0. The smallest absolute Gasteiger partial charge is 0.171 e. The molecule has 0 bridgehead atoms. The van der Waals surface area contributed by atoms with Crippen LogP contribution in [-0.4, -0.2) is 18.0 Å². The number of carbonyl (C=O) groups excluding carboxylic acids is 1. The Labute approximate surface area is 123 Å². The van der Waals surface area contributed by atoms with Gasteiger partial charge in [0.15, 0.2) is 10.9 Å². The van der Waals surface area contributed by atoms with Gasteiger partial charge in [-0.2, -0.15) is 0 Å².